The first-order chi connectivity index (χ1) is 10.6. The largest absolute Gasteiger partial charge is 0.492 e. The van der Waals surface area contributed by atoms with Crippen molar-refractivity contribution in [2.45, 2.75) is 20.3 Å². The summed E-state index contributed by atoms with van der Waals surface area (Å²) in [5.41, 5.74) is 1.46. The van der Waals surface area contributed by atoms with Crippen molar-refractivity contribution in [3.63, 3.8) is 0 Å². The molecule has 7 heteroatoms. The van der Waals surface area contributed by atoms with Gasteiger partial charge < -0.3 is 14.2 Å². The lowest BCUT2D eigenvalue weighted by Crippen LogP contribution is -2.02. The first-order valence-electron chi connectivity index (χ1n) is 7.29. The fourth-order valence-corrected chi connectivity index (χ4v) is 3.74. The van der Waals surface area contributed by atoms with Crippen LogP contribution in [0.1, 0.15) is 19.4 Å². The number of hydrogen-bond acceptors (Lipinski definition) is 5. The Labute approximate surface area is 130 Å². The van der Waals surface area contributed by atoms with Crippen molar-refractivity contribution in [1.82, 2.24) is 9.78 Å². The van der Waals surface area contributed by atoms with Crippen LogP contribution in [-0.2, 0) is 20.0 Å². The van der Waals surface area contributed by atoms with Crippen LogP contribution in [0.4, 0.5) is 0 Å². The Hall–Kier alpha value is -1.62. The molecule has 0 atom stereocenters. The van der Waals surface area contributed by atoms with Gasteiger partial charge in [0.05, 0.1) is 25.1 Å². The highest BCUT2D eigenvalue weighted by molar-refractivity contribution is 7.53. The summed E-state index contributed by atoms with van der Waals surface area (Å²) in [6.45, 7) is 4.20. The van der Waals surface area contributed by atoms with Gasteiger partial charge >= 0.3 is 7.60 Å². The average molecular weight is 324 g/mol. The van der Waals surface area contributed by atoms with Gasteiger partial charge in [-0.3, -0.25) is 4.57 Å². The third kappa shape index (κ3) is 4.19. The molecule has 120 valence electrons. The maximum absolute atomic E-state index is 12.4. The maximum Gasteiger partial charge on any atom is 0.330 e. The highest BCUT2D eigenvalue weighted by atomic mass is 31.2. The van der Waals surface area contributed by atoms with Crippen LogP contribution in [0.15, 0.2) is 36.5 Å². The van der Waals surface area contributed by atoms with E-state index in [1.165, 1.54) is 0 Å². The highest BCUT2D eigenvalue weighted by Gasteiger charge is 2.24. The van der Waals surface area contributed by atoms with E-state index in [1.807, 2.05) is 30.3 Å². The van der Waals surface area contributed by atoms with E-state index in [1.54, 1.807) is 24.7 Å². The molecule has 0 saturated heterocycles. The first kappa shape index (κ1) is 16.7. The van der Waals surface area contributed by atoms with Gasteiger partial charge in [0.25, 0.3) is 0 Å². The van der Waals surface area contributed by atoms with Crippen molar-refractivity contribution in [1.29, 1.82) is 0 Å². The molecule has 0 unspecified atom stereocenters. The molecule has 6 nitrogen and oxygen atoms in total. The SMILES string of the molecule is CCOP(=O)(CCc1cn(-c2ccccc2)nc1O)OCC. The third-order valence-corrected chi connectivity index (χ3v) is 5.17. The lowest BCUT2D eigenvalue weighted by molar-refractivity contribution is 0.220. The van der Waals surface area contributed by atoms with Gasteiger partial charge in [0.1, 0.15) is 0 Å². The van der Waals surface area contributed by atoms with Crippen molar-refractivity contribution < 1.29 is 18.7 Å². The normalized spacial score (nSPS) is 11.7. The lowest BCUT2D eigenvalue weighted by atomic mass is 10.3. The van der Waals surface area contributed by atoms with Gasteiger partial charge in [-0.25, -0.2) is 4.68 Å². The number of aromatic nitrogens is 2. The summed E-state index contributed by atoms with van der Waals surface area (Å²) < 4.78 is 24.5. The number of benzene rings is 1. The zero-order valence-corrected chi connectivity index (χ0v) is 13.7. The van der Waals surface area contributed by atoms with E-state index in [4.69, 9.17) is 9.05 Å². The molecule has 0 aliphatic rings. The van der Waals surface area contributed by atoms with Crippen LogP contribution < -0.4 is 0 Å². The standard InChI is InChI=1S/C15H21N2O4P/c1-3-20-22(19,21-4-2)11-10-13-12-17(16-15(13)18)14-8-6-5-7-9-14/h5-9,12H,3-4,10-11H2,1-2H3,(H,16,18). The minimum absolute atomic E-state index is 0.0663. The number of aryl methyl sites for hydroxylation is 1. The van der Waals surface area contributed by atoms with E-state index in [2.05, 4.69) is 5.10 Å². The van der Waals surface area contributed by atoms with Crippen LogP contribution in [-0.4, -0.2) is 34.3 Å². The van der Waals surface area contributed by atoms with E-state index in [0.29, 0.717) is 25.2 Å². The number of aromatic hydroxyl groups is 1. The predicted molar refractivity (Wildman–Crippen MR) is 84.7 cm³/mol. The summed E-state index contributed by atoms with van der Waals surface area (Å²) in [6, 6.07) is 9.48. The molecule has 0 fully saturated rings. The predicted octanol–water partition coefficient (Wildman–Crippen LogP) is 3.39. The second kappa shape index (κ2) is 7.58. The monoisotopic (exact) mass is 324 g/mol. The molecule has 0 bridgehead atoms. The van der Waals surface area contributed by atoms with Gasteiger partial charge in [0.2, 0.25) is 5.88 Å². The molecule has 1 N–H and O–H groups in total. The topological polar surface area (TPSA) is 73.6 Å². The summed E-state index contributed by atoms with van der Waals surface area (Å²) >= 11 is 0. The second-order valence-electron chi connectivity index (χ2n) is 4.68. The summed E-state index contributed by atoms with van der Waals surface area (Å²) in [7, 11) is -3.12. The van der Waals surface area contributed by atoms with Crippen LogP contribution >= 0.6 is 7.60 Å². The Balaban J connectivity index is 2.10. The van der Waals surface area contributed by atoms with Crippen molar-refractivity contribution in [2.24, 2.45) is 0 Å². The fourth-order valence-electron chi connectivity index (χ4n) is 2.11. The summed E-state index contributed by atoms with van der Waals surface area (Å²) in [6.07, 6.45) is 2.31. The molecule has 2 rings (SSSR count). The van der Waals surface area contributed by atoms with Crippen molar-refractivity contribution in [3.8, 4) is 11.6 Å². The number of para-hydroxylation sites is 1. The lowest BCUT2D eigenvalue weighted by Gasteiger charge is -2.16. The highest BCUT2D eigenvalue weighted by Crippen LogP contribution is 2.48. The van der Waals surface area contributed by atoms with Gasteiger partial charge in [-0.05, 0) is 32.4 Å². The Kier molecular flexibility index (Phi) is 5.77. The molecule has 0 spiro atoms. The molecular weight excluding hydrogens is 303 g/mol. The molecule has 2 aromatic rings. The summed E-state index contributed by atoms with van der Waals surface area (Å²) in [5.74, 6) is -0.0663. The van der Waals surface area contributed by atoms with E-state index in [-0.39, 0.29) is 12.0 Å². The Morgan fingerprint density at radius 1 is 1.18 bits per heavy atom. The average Bonchev–Trinajstić information content (AvgIpc) is 2.88. The first-order valence-corrected chi connectivity index (χ1v) is 9.02. The molecule has 22 heavy (non-hydrogen) atoms. The van der Waals surface area contributed by atoms with Gasteiger partial charge in [-0.15, -0.1) is 5.10 Å². The van der Waals surface area contributed by atoms with Crippen LogP contribution in [0, 0.1) is 0 Å². The number of nitrogens with zero attached hydrogens (tertiary/aromatic N) is 2. The quantitative estimate of drug-likeness (QED) is 0.754. The van der Waals surface area contributed by atoms with Crippen LogP contribution in [0.3, 0.4) is 0 Å². The summed E-state index contributed by atoms with van der Waals surface area (Å²) in [5, 5.41) is 14.0. The Morgan fingerprint density at radius 3 is 2.41 bits per heavy atom. The van der Waals surface area contributed by atoms with Gasteiger partial charge in [-0.1, -0.05) is 18.2 Å². The summed E-state index contributed by atoms with van der Waals surface area (Å²) in [4.78, 5) is 0. The van der Waals surface area contributed by atoms with E-state index in [9.17, 15) is 9.67 Å². The molecule has 0 aliphatic carbocycles. The van der Waals surface area contributed by atoms with Crippen LogP contribution in [0.2, 0.25) is 0 Å². The van der Waals surface area contributed by atoms with Gasteiger partial charge in [0.15, 0.2) is 0 Å². The molecular formula is C15H21N2O4P. The minimum Gasteiger partial charge on any atom is -0.492 e. The van der Waals surface area contributed by atoms with Gasteiger partial charge in [0, 0.05) is 11.8 Å². The smallest absolute Gasteiger partial charge is 0.330 e. The third-order valence-electron chi connectivity index (χ3n) is 3.10. The van der Waals surface area contributed by atoms with Crippen LogP contribution in [0.5, 0.6) is 5.88 Å². The van der Waals surface area contributed by atoms with E-state index >= 15 is 0 Å². The Morgan fingerprint density at radius 2 is 1.82 bits per heavy atom. The van der Waals surface area contributed by atoms with Crippen LogP contribution in [0.25, 0.3) is 5.69 Å². The van der Waals surface area contributed by atoms with Gasteiger partial charge in [-0.2, -0.15) is 0 Å². The minimum atomic E-state index is -3.12. The number of rotatable bonds is 8. The number of hydrogen-bond donors (Lipinski definition) is 1. The Bertz CT molecular complexity index is 632. The molecule has 1 heterocycles. The van der Waals surface area contributed by atoms with Crippen molar-refractivity contribution in [3.05, 3.63) is 42.1 Å². The maximum atomic E-state index is 12.4. The van der Waals surface area contributed by atoms with E-state index < -0.39 is 7.60 Å². The molecule has 1 aromatic carbocycles. The van der Waals surface area contributed by atoms with E-state index in [0.717, 1.165) is 5.69 Å². The molecule has 0 saturated carbocycles. The molecule has 1 aromatic heterocycles. The second-order valence-corrected chi connectivity index (χ2v) is 6.86. The zero-order chi connectivity index (χ0) is 16.0. The molecule has 0 radical (unpaired) electrons. The fraction of sp³-hybridized carbons (Fsp3) is 0.400. The van der Waals surface area contributed by atoms with Crippen molar-refractivity contribution in [2.75, 3.05) is 19.4 Å². The molecule has 0 aliphatic heterocycles. The zero-order valence-electron chi connectivity index (χ0n) is 12.8. The van der Waals surface area contributed by atoms with Crippen molar-refractivity contribution >= 4 is 7.60 Å². The molecule has 0 amide bonds.